The fraction of sp³-hybridized carbons (Fsp3) is 0.0741. The Bertz CT molecular complexity index is 1800. The zero-order valence-electron chi connectivity index (χ0n) is 21.2. The number of aromatic nitrogens is 2. The number of anilines is 1. The van der Waals surface area contributed by atoms with Crippen molar-refractivity contribution in [1.29, 1.82) is 0 Å². The number of rotatable bonds is 9. The zero-order chi connectivity index (χ0) is 29.7. The van der Waals surface area contributed by atoms with Crippen molar-refractivity contribution in [2.75, 3.05) is 12.4 Å². The van der Waals surface area contributed by atoms with Gasteiger partial charge in [-0.3, -0.25) is 29.3 Å². The van der Waals surface area contributed by atoms with Crippen molar-refractivity contribution < 1.29 is 28.8 Å². The molecule has 4 rings (SSSR count). The van der Waals surface area contributed by atoms with Gasteiger partial charge in [-0.15, -0.1) is 0 Å². The molecule has 4 N–H and O–H groups in total. The van der Waals surface area contributed by atoms with Crippen LogP contribution in [0.15, 0.2) is 82.7 Å². The lowest BCUT2D eigenvalue weighted by molar-refractivity contribution is -0.384. The summed E-state index contributed by atoms with van der Waals surface area (Å²) in [5.74, 6) is -0.896. The summed E-state index contributed by atoms with van der Waals surface area (Å²) >= 11 is 0. The number of methoxy groups -OCH3 is 1. The summed E-state index contributed by atoms with van der Waals surface area (Å²) in [5, 5.41) is 16.5. The molecule has 0 aliphatic carbocycles. The number of amides is 1. The number of hydrazone groups is 1. The van der Waals surface area contributed by atoms with Crippen molar-refractivity contribution in [3.63, 3.8) is 0 Å². The van der Waals surface area contributed by atoms with Crippen LogP contribution in [0, 0.1) is 10.1 Å². The number of nitrogens with two attached hydrogens (primary N) is 1. The molecule has 1 atom stereocenters. The van der Waals surface area contributed by atoms with Crippen LogP contribution in [0.4, 0.5) is 11.4 Å². The average Bonchev–Trinajstić information content (AvgIpc) is 2.98. The maximum absolute atomic E-state index is 13.3. The van der Waals surface area contributed by atoms with Crippen LogP contribution in [0.25, 0.3) is 11.0 Å². The highest BCUT2D eigenvalue weighted by Gasteiger charge is 2.39. The molecule has 3 aromatic carbocycles. The molecule has 0 fully saturated rings. The standard InChI is InChI=1S/C27H20N6O8/c1-41-27(38)22(32-28)20(24(35)26(37)29-16-8-5-9-17(13-16)33(39)40)21-25(36)31-19-12-15(10-11-18(19)30-21)23(34)14-6-3-2-4-7-14/h2-13,20H,28H2,1H3,(H,29,37)(H,31,36)/b32-22-/t20-/m1/s1. The molecule has 0 bridgehead atoms. The number of aromatic amines is 1. The third-order valence-electron chi connectivity index (χ3n) is 5.90. The van der Waals surface area contributed by atoms with E-state index in [4.69, 9.17) is 5.84 Å². The molecule has 0 unspecified atom stereocenters. The van der Waals surface area contributed by atoms with Gasteiger partial charge in [-0.25, -0.2) is 9.78 Å². The molecule has 4 aromatic rings. The maximum atomic E-state index is 13.3. The first-order valence-corrected chi connectivity index (χ1v) is 11.7. The van der Waals surface area contributed by atoms with Gasteiger partial charge in [0, 0.05) is 28.9 Å². The van der Waals surface area contributed by atoms with Gasteiger partial charge in [-0.1, -0.05) is 36.4 Å². The van der Waals surface area contributed by atoms with Crippen molar-refractivity contribution in [1.82, 2.24) is 9.97 Å². The van der Waals surface area contributed by atoms with E-state index in [9.17, 15) is 34.1 Å². The minimum Gasteiger partial charge on any atom is -0.464 e. The number of non-ortho nitro benzene ring substituents is 1. The Morgan fingerprint density at radius 2 is 1.76 bits per heavy atom. The van der Waals surface area contributed by atoms with Crippen LogP contribution in [0.1, 0.15) is 27.5 Å². The lowest BCUT2D eigenvalue weighted by Gasteiger charge is -2.15. The summed E-state index contributed by atoms with van der Waals surface area (Å²) in [6.07, 6.45) is 0. The van der Waals surface area contributed by atoms with E-state index in [-0.39, 0.29) is 33.8 Å². The highest BCUT2D eigenvalue weighted by molar-refractivity contribution is 6.53. The van der Waals surface area contributed by atoms with Crippen LogP contribution in [-0.4, -0.2) is 51.2 Å². The molecule has 0 spiro atoms. The number of benzene rings is 3. The molecule has 0 saturated carbocycles. The topological polar surface area (TPSA) is 217 Å². The molecular weight excluding hydrogens is 536 g/mol. The lowest BCUT2D eigenvalue weighted by Crippen LogP contribution is -2.40. The smallest absolute Gasteiger partial charge is 0.355 e. The molecular formula is C27H20N6O8. The van der Waals surface area contributed by atoms with Crippen LogP contribution in [0.5, 0.6) is 0 Å². The highest BCUT2D eigenvalue weighted by Crippen LogP contribution is 2.22. The van der Waals surface area contributed by atoms with Gasteiger partial charge < -0.3 is 20.9 Å². The number of carbonyl (C=O) groups is 4. The Morgan fingerprint density at radius 3 is 2.41 bits per heavy atom. The Kier molecular flexibility index (Phi) is 8.03. The zero-order valence-corrected chi connectivity index (χ0v) is 21.2. The molecule has 41 heavy (non-hydrogen) atoms. The summed E-state index contributed by atoms with van der Waals surface area (Å²) in [6, 6.07) is 17.4. The van der Waals surface area contributed by atoms with E-state index in [0.717, 1.165) is 13.2 Å². The Balaban J connectivity index is 1.76. The summed E-state index contributed by atoms with van der Waals surface area (Å²) in [7, 11) is 0.974. The molecule has 1 heterocycles. The van der Waals surface area contributed by atoms with Gasteiger partial charge in [-0.2, -0.15) is 5.10 Å². The number of H-pyrrole nitrogens is 1. The van der Waals surface area contributed by atoms with E-state index in [2.05, 4.69) is 25.1 Å². The number of nitrogens with one attached hydrogen (secondary N) is 2. The average molecular weight is 556 g/mol. The van der Waals surface area contributed by atoms with Gasteiger partial charge in [-0.05, 0) is 24.3 Å². The number of hydrogen-bond acceptors (Lipinski definition) is 11. The second-order valence-corrected chi connectivity index (χ2v) is 8.44. The van der Waals surface area contributed by atoms with Gasteiger partial charge >= 0.3 is 5.97 Å². The summed E-state index contributed by atoms with van der Waals surface area (Å²) in [6.45, 7) is 0. The number of esters is 1. The van der Waals surface area contributed by atoms with E-state index in [0.29, 0.717) is 5.56 Å². The van der Waals surface area contributed by atoms with Crippen molar-refractivity contribution in [3.05, 3.63) is 110 Å². The number of ether oxygens (including phenoxy) is 1. The van der Waals surface area contributed by atoms with Crippen molar-refractivity contribution in [2.24, 2.45) is 10.9 Å². The fourth-order valence-corrected chi connectivity index (χ4v) is 3.94. The number of Topliss-reactive ketones (excluding diaryl/α,β-unsaturated/α-hetero) is 1. The normalized spacial score (nSPS) is 11.9. The SMILES string of the molecule is COC(=O)/C(=N\N)[C@H](C(=O)C(=O)Nc1cccc([N+](=O)[O-])c1)c1nc2ccc(C(=O)c3ccccc3)cc2[nH]c1=O. The third-order valence-corrected chi connectivity index (χ3v) is 5.90. The molecule has 0 saturated heterocycles. The number of nitro benzene ring substituents is 1. The van der Waals surface area contributed by atoms with Crippen molar-refractivity contribution in [3.8, 4) is 0 Å². The fourth-order valence-electron chi connectivity index (χ4n) is 3.94. The van der Waals surface area contributed by atoms with E-state index in [1.54, 1.807) is 30.3 Å². The van der Waals surface area contributed by atoms with Gasteiger partial charge in [0.15, 0.2) is 11.5 Å². The molecule has 14 nitrogen and oxygen atoms in total. The molecule has 0 radical (unpaired) electrons. The predicted octanol–water partition coefficient (Wildman–Crippen LogP) is 1.84. The van der Waals surface area contributed by atoms with E-state index < -0.39 is 45.5 Å². The van der Waals surface area contributed by atoms with E-state index in [1.165, 1.54) is 36.4 Å². The van der Waals surface area contributed by atoms with Gasteiger partial charge in [0.1, 0.15) is 11.6 Å². The number of carbonyl (C=O) groups excluding carboxylic acids is 4. The summed E-state index contributed by atoms with van der Waals surface area (Å²) in [5.41, 5.74) is -1.92. The van der Waals surface area contributed by atoms with Gasteiger partial charge in [0.05, 0.1) is 23.1 Å². The summed E-state index contributed by atoms with van der Waals surface area (Å²) in [4.78, 5) is 81.7. The number of ketones is 2. The molecule has 1 aromatic heterocycles. The second kappa shape index (κ2) is 11.8. The largest absolute Gasteiger partial charge is 0.464 e. The quantitative estimate of drug-likeness (QED) is 0.0517. The second-order valence-electron chi connectivity index (χ2n) is 8.44. The first kappa shape index (κ1) is 28.0. The van der Waals surface area contributed by atoms with Gasteiger partial charge in [0.2, 0.25) is 5.78 Å². The molecule has 0 aliphatic rings. The molecule has 1 amide bonds. The Morgan fingerprint density at radius 1 is 1.02 bits per heavy atom. The first-order valence-electron chi connectivity index (χ1n) is 11.7. The molecule has 206 valence electrons. The minimum absolute atomic E-state index is 0.100. The first-order chi connectivity index (χ1) is 19.6. The monoisotopic (exact) mass is 556 g/mol. The predicted molar refractivity (Wildman–Crippen MR) is 145 cm³/mol. The number of nitrogens with zero attached hydrogens (tertiary/aromatic N) is 3. The highest BCUT2D eigenvalue weighted by atomic mass is 16.6. The van der Waals surface area contributed by atoms with Crippen molar-refractivity contribution >= 4 is 51.6 Å². The van der Waals surface area contributed by atoms with Crippen LogP contribution >= 0.6 is 0 Å². The van der Waals surface area contributed by atoms with Crippen LogP contribution in [0.3, 0.4) is 0 Å². The van der Waals surface area contributed by atoms with Crippen LogP contribution in [-0.2, 0) is 19.1 Å². The van der Waals surface area contributed by atoms with Crippen molar-refractivity contribution in [2.45, 2.75) is 5.92 Å². The Labute approximate surface area is 230 Å². The van der Waals surface area contributed by atoms with Crippen LogP contribution in [0.2, 0.25) is 0 Å². The minimum atomic E-state index is -2.01. The van der Waals surface area contributed by atoms with Crippen LogP contribution < -0.4 is 16.7 Å². The Hall–Kier alpha value is -6.05. The summed E-state index contributed by atoms with van der Waals surface area (Å²) < 4.78 is 4.62. The maximum Gasteiger partial charge on any atom is 0.355 e. The lowest BCUT2D eigenvalue weighted by atomic mass is 9.93. The third kappa shape index (κ3) is 5.85. The molecule has 0 aliphatic heterocycles. The number of hydrogen-bond donors (Lipinski definition) is 3. The number of nitro groups is 1. The van der Waals surface area contributed by atoms with E-state index in [1.807, 2.05) is 0 Å². The number of fused-ring (bicyclic) bond motifs is 1. The van der Waals surface area contributed by atoms with E-state index >= 15 is 0 Å². The van der Waals surface area contributed by atoms with Gasteiger partial charge in [0.25, 0.3) is 17.2 Å². The molecule has 14 heteroatoms.